The minimum absolute atomic E-state index is 0.262. The fourth-order valence-electron chi connectivity index (χ4n) is 1.14. The molecular formula is C7H14ClNO. The minimum Gasteiger partial charge on any atom is -0.379 e. The van der Waals surface area contributed by atoms with Crippen molar-refractivity contribution in [3.05, 3.63) is 0 Å². The Morgan fingerprint density at radius 3 is 2.60 bits per heavy atom. The molecule has 1 heterocycles. The molecule has 10 heavy (non-hydrogen) atoms. The second-order valence-electron chi connectivity index (χ2n) is 2.69. The van der Waals surface area contributed by atoms with Crippen molar-refractivity contribution in [3.8, 4) is 0 Å². The van der Waals surface area contributed by atoms with Gasteiger partial charge in [0.15, 0.2) is 0 Å². The van der Waals surface area contributed by atoms with Gasteiger partial charge in [0.2, 0.25) is 0 Å². The highest BCUT2D eigenvalue weighted by Gasteiger charge is 2.11. The van der Waals surface area contributed by atoms with Gasteiger partial charge in [-0.15, -0.1) is 11.6 Å². The molecule has 60 valence electrons. The topological polar surface area (TPSA) is 12.5 Å². The van der Waals surface area contributed by atoms with Gasteiger partial charge in [-0.05, 0) is 6.92 Å². The van der Waals surface area contributed by atoms with E-state index in [0.717, 1.165) is 32.8 Å². The quantitative estimate of drug-likeness (QED) is 0.562. The fourth-order valence-corrected chi connectivity index (χ4v) is 1.33. The van der Waals surface area contributed by atoms with Crippen molar-refractivity contribution in [2.75, 3.05) is 32.8 Å². The average molecular weight is 164 g/mol. The minimum atomic E-state index is 0.262. The van der Waals surface area contributed by atoms with Crippen LogP contribution in [0.15, 0.2) is 0 Å². The van der Waals surface area contributed by atoms with Crippen LogP contribution in [0.3, 0.4) is 0 Å². The predicted octanol–water partition coefficient (Wildman–Crippen LogP) is 0.946. The number of hydrogen-bond acceptors (Lipinski definition) is 2. The summed E-state index contributed by atoms with van der Waals surface area (Å²) in [6.07, 6.45) is 0. The highest BCUT2D eigenvalue weighted by molar-refractivity contribution is 6.20. The molecule has 0 aromatic heterocycles. The number of hydrogen-bond donors (Lipinski definition) is 0. The molecule has 0 bridgehead atoms. The molecule has 0 radical (unpaired) electrons. The van der Waals surface area contributed by atoms with E-state index in [0.29, 0.717) is 0 Å². The number of nitrogens with zero attached hydrogens (tertiary/aromatic N) is 1. The lowest BCUT2D eigenvalue weighted by molar-refractivity contribution is 0.0384. The van der Waals surface area contributed by atoms with Gasteiger partial charge < -0.3 is 4.74 Å². The van der Waals surface area contributed by atoms with Crippen molar-refractivity contribution < 1.29 is 4.74 Å². The maximum Gasteiger partial charge on any atom is 0.0594 e. The second-order valence-corrected chi connectivity index (χ2v) is 3.44. The summed E-state index contributed by atoms with van der Waals surface area (Å²) in [5.74, 6) is 0. The van der Waals surface area contributed by atoms with E-state index in [-0.39, 0.29) is 5.38 Å². The molecule has 0 unspecified atom stereocenters. The lowest BCUT2D eigenvalue weighted by atomic mass is 10.3. The van der Waals surface area contributed by atoms with Gasteiger partial charge in [-0.1, -0.05) is 0 Å². The molecule has 0 aromatic rings. The first kappa shape index (κ1) is 8.31. The van der Waals surface area contributed by atoms with Gasteiger partial charge in [-0.25, -0.2) is 0 Å². The molecule has 0 amide bonds. The standard InChI is InChI=1S/C7H14ClNO/c1-7(8)6-9-2-4-10-5-3-9/h7H,2-6H2,1H3/t7-/m0/s1. The highest BCUT2D eigenvalue weighted by Crippen LogP contribution is 2.01. The summed E-state index contributed by atoms with van der Waals surface area (Å²) in [6, 6.07) is 0. The van der Waals surface area contributed by atoms with Gasteiger partial charge in [-0.3, -0.25) is 4.90 Å². The van der Waals surface area contributed by atoms with Crippen LogP contribution < -0.4 is 0 Å². The summed E-state index contributed by atoms with van der Waals surface area (Å²) in [5.41, 5.74) is 0. The van der Waals surface area contributed by atoms with Gasteiger partial charge in [0, 0.05) is 25.0 Å². The maximum atomic E-state index is 5.83. The monoisotopic (exact) mass is 163 g/mol. The third-order valence-corrected chi connectivity index (χ3v) is 1.75. The molecule has 1 aliphatic rings. The SMILES string of the molecule is C[C@H](Cl)CN1CCOCC1. The fraction of sp³-hybridized carbons (Fsp3) is 1.00. The highest BCUT2D eigenvalue weighted by atomic mass is 35.5. The number of rotatable bonds is 2. The Balaban J connectivity index is 2.13. The van der Waals surface area contributed by atoms with E-state index in [9.17, 15) is 0 Å². The smallest absolute Gasteiger partial charge is 0.0594 e. The Hall–Kier alpha value is 0.210. The lowest BCUT2D eigenvalue weighted by Gasteiger charge is -2.27. The Bertz CT molecular complexity index is 91.6. The Morgan fingerprint density at radius 2 is 2.10 bits per heavy atom. The van der Waals surface area contributed by atoms with Gasteiger partial charge in [-0.2, -0.15) is 0 Å². The molecule has 3 heteroatoms. The molecule has 0 N–H and O–H groups in total. The molecule has 0 spiro atoms. The first-order chi connectivity index (χ1) is 4.79. The van der Waals surface area contributed by atoms with Crippen molar-refractivity contribution in [1.82, 2.24) is 4.90 Å². The third-order valence-electron chi connectivity index (χ3n) is 1.61. The third kappa shape index (κ3) is 2.86. The molecule has 0 saturated carbocycles. The summed E-state index contributed by atoms with van der Waals surface area (Å²) in [4.78, 5) is 2.33. The van der Waals surface area contributed by atoms with Crippen LogP contribution in [-0.4, -0.2) is 43.1 Å². The summed E-state index contributed by atoms with van der Waals surface area (Å²) in [7, 11) is 0. The van der Waals surface area contributed by atoms with Crippen LogP contribution in [0, 0.1) is 0 Å². The van der Waals surface area contributed by atoms with Crippen LogP contribution in [0.25, 0.3) is 0 Å². The average Bonchev–Trinajstić information content (AvgIpc) is 1.88. The summed E-state index contributed by atoms with van der Waals surface area (Å²) in [5, 5.41) is 0.262. The Kier molecular flexibility index (Phi) is 3.46. The first-order valence-corrected chi connectivity index (χ1v) is 4.17. The van der Waals surface area contributed by atoms with E-state index < -0.39 is 0 Å². The van der Waals surface area contributed by atoms with Gasteiger partial charge in [0.25, 0.3) is 0 Å². The van der Waals surface area contributed by atoms with Gasteiger partial charge in [0.05, 0.1) is 13.2 Å². The summed E-state index contributed by atoms with van der Waals surface area (Å²) >= 11 is 5.83. The lowest BCUT2D eigenvalue weighted by Crippen LogP contribution is -2.39. The number of ether oxygens (including phenoxy) is 1. The molecule has 0 aromatic carbocycles. The van der Waals surface area contributed by atoms with Crippen LogP contribution >= 0.6 is 11.6 Å². The van der Waals surface area contributed by atoms with Crippen LogP contribution in [0.2, 0.25) is 0 Å². The van der Waals surface area contributed by atoms with E-state index in [2.05, 4.69) is 4.90 Å². The van der Waals surface area contributed by atoms with Crippen molar-refractivity contribution >= 4 is 11.6 Å². The van der Waals surface area contributed by atoms with E-state index in [1.54, 1.807) is 0 Å². The van der Waals surface area contributed by atoms with Crippen molar-refractivity contribution in [2.24, 2.45) is 0 Å². The molecule has 1 saturated heterocycles. The number of alkyl halides is 1. The zero-order chi connectivity index (χ0) is 7.40. The molecule has 1 aliphatic heterocycles. The Morgan fingerprint density at radius 1 is 1.50 bits per heavy atom. The largest absolute Gasteiger partial charge is 0.379 e. The van der Waals surface area contributed by atoms with Crippen molar-refractivity contribution in [3.63, 3.8) is 0 Å². The Labute approximate surface area is 67.1 Å². The molecule has 1 rings (SSSR count). The summed E-state index contributed by atoms with van der Waals surface area (Å²) in [6.45, 7) is 6.82. The van der Waals surface area contributed by atoms with Crippen molar-refractivity contribution in [1.29, 1.82) is 0 Å². The van der Waals surface area contributed by atoms with Crippen LogP contribution in [0.1, 0.15) is 6.92 Å². The normalized spacial score (nSPS) is 24.6. The molecule has 1 fully saturated rings. The maximum absolute atomic E-state index is 5.83. The molecule has 1 atom stereocenters. The van der Waals surface area contributed by atoms with Crippen LogP contribution in [0.4, 0.5) is 0 Å². The van der Waals surface area contributed by atoms with Crippen LogP contribution in [-0.2, 0) is 4.74 Å². The van der Waals surface area contributed by atoms with E-state index in [1.807, 2.05) is 6.92 Å². The zero-order valence-electron chi connectivity index (χ0n) is 6.35. The second kappa shape index (κ2) is 4.16. The first-order valence-electron chi connectivity index (χ1n) is 3.73. The molecular weight excluding hydrogens is 150 g/mol. The summed E-state index contributed by atoms with van der Waals surface area (Å²) < 4.78 is 5.20. The van der Waals surface area contributed by atoms with E-state index in [1.165, 1.54) is 0 Å². The van der Waals surface area contributed by atoms with Crippen molar-refractivity contribution in [2.45, 2.75) is 12.3 Å². The zero-order valence-corrected chi connectivity index (χ0v) is 7.10. The van der Waals surface area contributed by atoms with Gasteiger partial charge in [0.1, 0.15) is 0 Å². The van der Waals surface area contributed by atoms with E-state index >= 15 is 0 Å². The molecule has 0 aliphatic carbocycles. The van der Waals surface area contributed by atoms with Gasteiger partial charge >= 0.3 is 0 Å². The predicted molar refractivity (Wildman–Crippen MR) is 42.6 cm³/mol. The molecule has 2 nitrogen and oxygen atoms in total. The van der Waals surface area contributed by atoms with E-state index in [4.69, 9.17) is 16.3 Å². The number of morpholine rings is 1. The number of halogens is 1. The van der Waals surface area contributed by atoms with Crippen LogP contribution in [0.5, 0.6) is 0 Å².